The summed E-state index contributed by atoms with van der Waals surface area (Å²) in [5.41, 5.74) is 6.30. The van der Waals surface area contributed by atoms with E-state index in [1.54, 1.807) is 12.1 Å². The van der Waals surface area contributed by atoms with Crippen molar-refractivity contribution in [1.82, 2.24) is 4.68 Å². The fourth-order valence-electron chi connectivity index (χ4n) is 2.10. The highest BCUT2D eigenvalue weighted by molar-refractivity contribution is 5.30. The maximum absolute atomic E-state index is 12.1. The summed E-state index contributed by atoms with van der Waals surface area (Å²) in [7, 11) is 0. The zero-order chi connectivity index (χ0) is 15.6. The van der Waals surface area contributed by atoms with Crippen LogP contribution in [0.1, 0.15) is 29.9 Å². The van der Waals surface area contributed by atoms with Gasteiger partial charge in [0.2, 0.25) is 0 Å². The first-order valence-electron chi connectivity index (χ1n) is 6.53. The third-order valence-corrected chi connectivity index (χ3v) is 3.21. The number of rotatable bonds is 4. The number of ether oxygens (including phenoxy) is 1. The van der Waals surface area contributed by atoms with E-state index < -0.39 is 6.36 Å². The highest BCUT2D eigenvalue weighted by Gasteiger charge is 2.31. The topological polar surface area (TPSA) is 26.2 Å². The van der Waals surface area contributed by atoms with Gasteiger partial charge >= 0.3 is 6.36 Å². The smallest absolute Gasteiger partial charge is 0.406 e. The summed E-state index contributed by atoms with van der Waals surface area (Å²) in [6, 6.07) is 9.81. The van der Waals surface area contributed by atoms with Crippen LogP contribution in [0.3, 0.4) is 0 Å². The molecule has 1 atom stereocenters. The molecule has 0 aliphatic heterocycles. The van der Waals surface area contributed by atoms with E-state index in [0.29, 0.717) is 0 Å². The van der Waals surface area contributed by atoms with Crippen LogP contribution in [0, 0.1) is 13.8 Å². The van der Waals surface area contributed by atoms with Crippen LogP contribution in [-0.4, -0.2) is 11.0 Å². The molecule has 0 amide bonds. The summed E-state index contributed by atoms with van der Waals surface area (Å²) in [5.74, 6) is -0.216. The Morgan fingerprint density at radius 3 is 2.00 bits per heavy atom. The van der Waals surface area contributed by atoms with Gasteiger partial charge in [0.05, 0.1) is 6.04 Å². The SMILES string of the molecule is Cc1ccc(C)n1NC(C)c1ccc(OC(F)(F)F)cc1. The number of aryl methyl sites for hydroxylation is 2. The number of halogens is 3. The van der Waals surface area contributed by atoms with Crippen molar-refractivity contribution in [2.24, 2.45) is 0 Å². The van der Waals surface area contributed by atoms with E-state index in [1.165, 1.54) is 12.1 Å². The van der Waals surface area contributed by atoms with Gasteiger partial charge in [-0.1, -0.05) is 12.1 Å². The lowest BCUT2D eigenvalue weighted by Gasteiger charge is -2.20. The van der Waals surface area contributed by atoms with Crippen LogP contribution in [0.15, 0.2) is 36.4 Å². The largest absolute Gasteiger partial charge is 0.573 e. The van der Waals surface area contributed by atoms with Gasteiger partial charge in [-0.25, -0.2) is 0 Å². The van der Waals surface area contributed by atoms with Crippen molar-refractivity contribution in [3.05, 3.63) is 53.3 Å². The minimum absolute atomic E-state index is 0.0465. The second kappa shape index (κ2) is 5.71. The van der Waals surface area contributed by atoms with Gasteiger partial charge in [-0.2, -0.15) is 0 Å². The van der Waals surface area contributed by atoms with Gasteiger partial charge in [-0.15, -0.1) is 13.2 Å². The van der Waals surface area contributed by atoms with E-state index >= 15 is 0 Å². The third-order valence-electron chi connectivity index (χ3n) is 3.21. The van der Waals surface area contributed by atoms with Crippen molar-refractivity contribution in [2.75, 3.05) is 5.43 Å². The normalized spacial score (nSPS) is 13.0. The zero-order valence-corrected chi connectivity index (χ0v) is 12.0. The molecule has 0 aliphatic rings. The van der Waals surface area contributed by atoms with E-state index in [2.05, 4.69) is 10.2 Å². The van der Waals surface area contributed by atoms with E-state index in [-0.39, 0.29) is 11.8 Å². The molecule has 1 unspecified atom stereocenters. The average molecular weight is 298 g/mol. The van der Waals surface area contributed by atoms with Gasteiger partial charge in [0.15, 0.2) is 0 Å². The molecule has 1 N–H and O–H groups in total. The summed E-state index contributed by atoms with van der Waals surface area (Å²) in [6.45, 7) is 5.90. The molecule has 0 bridgehead atoms. The number of nitrogens with one attached hydrogen (secondary N) is 1. The molecule has 2 aromatic rings. The summed E-state index contributed by atoms with van der Waals surface area (Å²) in [5, 5.41) is 0. The van der Waals surface area contributed by atoms with Gasteiger partial charge in [0.25, 0.3) is 0 Å². The zero-order valence-electron chi connectivity index (χ0n) is 12.0. The van der Waals surface area contributed by atoms with Crippen molar-refractivity contribution in [3.63, 3.8) is 0 Å². The van der Waals surface area contributed by atoms with Crippen LogP contribution in [0.5, 0.6) is 5.75 Å². The quantitative estimate of drug-likeness (QED) is 0.910. The lowest BCUT2D eigenvalue weighted by atomic mass is 10.1. The predicted molar refractivity (Wildman–Crippen MR) is 74.8 cm³/mol. The molecule has 6 heteroatoms. The number of alkyl halides is 3. The molecule has 2 rings (SSSR count). The Morgan fingerprint density at radius 1 is 1.00 bits per heavy atom. The lowest BCUT2D eigenvalue weighted by molar-refractivity contribution is -0.274. The molecule has 21 heavy (non-hydrogen) atoms. The van der Waals surface area contributed by atoms with E-state index in [4.69, 9.17) is 0 Å². The molecule has 0 saturated carbocycles. The summed E-state index contributed by atoms with van der Waals surface area (Å²) < 4.78 is 42.1. The summed E-state index contributed by atoms with van der Waals surface area (Å²) >= 11 is 0. The van der Waals surface area contributed by atoms with E-state index in [0.717, 1.165) is 17.0 Å². The van der Waals surface area contributed by atoms with Crippen molar-refractivity contribution in [1.29, 1.82) is 0 Å². The van der Waals surface area contributed by atoms with Gasteiger partial charge in [0.1, 0.15) is 5.75 Å². The molecule has 0 saturated heterocycles. The van der Waals surface area contributed by atoms with Crippen LogP contribution in [0.4, 0.5) is 13.2 Å². The van der Waals surface area contributed by atoms with Crippen LogP contribution < -0.4 is 10.2 Å². The minimum atomic E-state index is -4.66. The highest BCUT2D eigenvalue weighted by atomic mass is 19.4. The molecule has 1 aromatic carbocycles. The number of hydrogen-bond acceptors (Lipinski definition) is 2. The Bertz CT molecular complexity index is 583. The molecule has 1 aromatic heterocycles. The Balaban J connectivity index is 2.08. The minimum Gasteiger partial charge on any atom is -0.406 e. The molecule has 0 radical (unpaired) electrons. The Labute approximate surface area is 121 Å². The maximum atomic E-state index is 12.1. The van der Waals surface area contributed by atoms with Gasteiger partial charge in [-0.05, 0) is 50.6 Å². The second-order valence-electron chi connectivity index (χ2n) is 4.92. The van der Waals surface area contributed by atoms with Crippen molar-refractivity contribution in [2.45, 2.75) is 33.2 Å². The highest BCUT2D eigenvalue weighted by Crippen LogP contribution is 2.24. The van der Waals surface area contributed by atoms with Gasteiger partial charge in [0, 0.05) is 11.4 Å². The molecular weight excluding hydrogens is 281 g/mol. The molecule has 3 nitrogen and oxygen atoms in total. The van der Waals surface area contributed by atoms with E-state index in [1.807, 2.05) is 37.6 Å². The fourth-order valence-corrected chi connectivity index (χ4v) is 2.10. The van der Waals surface area contributed by atoms with Crippen LogP contribution >= 0.6 is 0 Å². The number of hydrogen-bond donors (Lipinski definition) is 1. The van der Waals surface area contributed by atoms with Crippen molar-refractivity contribution < 1.29 is 17.9 Å². The predicted octanol–water partition coefficient (Wildman–Crippen LogP) is 4.31. The maximum Gasteiger partial charge on any atom is 0.573 e. The molecule has 1 heterocycles. The molecule has 0 aliphatic carbocycles. The number of benzene rings is 1. The number of nitrogens with zero attached hydrogens (tertiary/aromatic N) is 1. The number of aromatic nitrogens is 1. The van der Waals surface area contributed by atoms with Gasteiger partial charge in [-0.3, -0.25) is 4.68 Å². The molecule has 0 fully saturated rings. The standard InChI is InChI=1S/C15H17F3N2O/c1-10-4-5-11(2)20(10)19-12(3)13-6-8-14(9-7-13)21-15(16,17)18/h4-9,12,19H,1-3H3. The summed E-state index contributed by atoms with van der Waals surface area (Å²) in [4.78, 5) is 0. The van der Waals surface area contributed by atoms with Gasteiger partial charge < -0.3 is 10.2 Å². The Kier molecular flexibility index (Phi) is 4.16. The first-order chi connectivity index (χ1) is 9.76. The Hall–Kier alpha value is -2.11. The average Bonchev–Trinajstić information content (AvgIpc) is 2.69. The molecule has 114 valence electrons. The van der Waals surface area contributed by atoms with Crippen LogP contribution in [0.25, 0.3) is 0 Å². The first kappa shape index (κ1) is 15.3. The molecule has 0 spiro atoms. The Morgan fingerprint density at radius 2 is 1.52 bits per heavy atom. The second-order valence-corrected chi connectivity index (χ2v) is 4.92. The third kappa shape index (κ3) is 3.93. The first-order valence-corrected chi connectivity index (χ1v) is 6.53. The van der Waals surface area contributed by atoms with Crippen LogP contribution in [0.2, 0.25) is 0 Å². The van der Waals surface area contributed by atoms with Crippen molar-refractivity contribution in [3.8, 4) is 5.75 Å². The fraction of sp³-hybridized carbons (Fsp3) is 0.333. The van der Waals surface area contributed by atoms with Crippen molar-refractivity contribution >= 4 is 0 Å². The van der Waals surface area contributed by atoms with Crippen LogP contribution in [-0.2, 0) is 0 Å². The van der Waals surface area contributed by atoms with E-state index in [9.17, 15) is 13.2 Å². The molecular formula is C15H17F3N2O. The lowest BCUT2D eigenvalue weighted by Crippen LogP contribution is -2.21. The monoisotopic (exact) mass is 298 g/mol. The summed E-state index contributed by atoms with van der Waals surface area (Å²) in [6.07, 6.45) is -4.66.